The van der Waals surface area contributed by atoms with Gasteiger partial charge in [0.1, 0.15) is 11.6 Å². The largest absolute Gasteiger partial charge is 0.385 e. The van der Waals surface area contributed by atoms with Gasteiger partial charge in [-0.05, 0) is 70.0 Å². The average Bonchev–Trinajstić information content (AvgIpc) is 2.68. The van der Waals surface area contributed by atoms with Crippen molar-refractivity contribution in [3.05, 3.63) is 65.0 Å². The maximum absolute atomic E-state index is 11.1. The molecule has 1 saturated heterocycles. The van der Waals surface area contributed by atoms with E-state index in [-0.39, 0.29) is 6.04 Å². The number of piperidine rings is 1. The quantitative estimate of drug-likeness (QED) is 0.642. The summed E-state index contributed by atoms with van der Waals surface area (Å²) in [5, 5.41) is 19.0. The Morgan fingerprint density at radius 2 is 1.86 bits per heavy atom. The Bertz CT molecular complexity index is 995. The second-order valence-electron chi connectivity index (χ2n) is 7.91. The third kappa shape index (κ3) is 3.73. The van der Waals surface area contributed by atoms with Crippen molar-refractivity contribution in [1.82, 2.24) is 15.3 Å². The zero-order chi connectivity index (χ0) is 19.7. The van der Waals surface area contributed by atoms with Gasteiger partial charge in [-0.1, -0.05) is 35.9 Å². The molecule has 146 valence electrons. The number of benzene rings is 2. The first kappa shape index (κ1) is 18.8. The van der Waals surface area contributed by atoms with E-state index in [1.807, 2.05) is 19.1 Å². The predicted octanol–water partition coefficient (Wildman–Crippen LogP) is 3.99. The fourth-order valence-corrected chi connectivity index (χ4v) is 4.00. The van der Waals surface area contributed by atoms with Crippen molar-refractivity contribution in [2.75, 3.05) is 18.4 Å². The van der Waals surface area contributed by atoms with Crippen LogP contribution in [-0.4, -0.2) is 28.2 Å². The van der Waals surface area contributed by atoms with Gasteiger partial charge in [0.25, 0.3) is 0 Å². The molecule has 0 spiro atoms. The van der Waals surface area contributed by atoms with Gasteiger partial charge in [0, 0.05) is 11.4 Å². The molecule has 2 aromatic carbocycles. The molecule has 1 fully saturated rings. The topological polar surface area (TPSA) is 70.1 Å². The first-order valence-corrected chi connectivity index (χ1v) is 10.00. The van der Waals surface area contributed by atoms with E-state index in [4.69, 9.17) is 0 Å². The van der Waals surface area contributed by atoms with Crippen molar-refractivity contribution >= 4 is 16.7 Å². The molecule has 1 aromatic heterocycles. The van der Waals surface area contributed by atoms with E-state index in [2.05, 4.69) is 64.8 Å². The molecular formula is C23H28N4O. The van der Waals surface area contributed by atoms with E-state index in [1.54, 1.807) is 0 Å². The van der Waals surface area contributed by atoms with Gasteiger partial charge in [0.2, 0.25) is 0 Å². The lowest BCUT2D eigenvalue weighted by atomic mass is 9.84. The van der Waals surface area contributed by atoms with Crippen LogP contribution in [0.3, 0.4) is 0 Å². The van der Waals surface area contributed by atoms with Crippen LogP contribution in [0.15, 0.2) is 42.5 Å². The average molecular weight is 377 g/mol. The van der Waals surface area contributed by atoms with Crippen molar-refractivity contribution in [2.45, 2.75) is 45.3 Å². The summed E-state index contributed by atoms with van der Waals surface area (Å²) in [5.74, 6) is 1.55. The smallest absolute Gasteiger partial charge is 0.138 e. The molecule has 0 aliphatic carbocycles. The second-order valence-corrected chi connectivity index (χ2v) is 7.91. The van der Waals surface area contributed by atoms with E-state index in [0.29, 0.717) is 12.8 Å². The third-order valence-electron chi connectivity index (χ3n) is 5.67. The minimum atomic E-state index is -0.788. The normalized spacial score (nSPS) is 17.4. The highest BCUT2D eigenvalue weighted by Gasteiger charge is 2.31. The minimum absolute atomic E-state index is 0.114. The number of rotatable bonds is 4. The molecule has 0 saturated carbocycles. The fraction of sp³-hybridized carbons (Fsp3) is 0.391. The van der Waals surface area contributed by atoms with Crippen LogP contribution < -0.4 is 10.6 Å². The zero-order valence-corrected chi connectivity index (χ0v) is 16.8. The third-order valence-corrected chi connectivity index (χ3v) is 5.67. The minimum Gasteiger partial charge on any atom is -0.385 e. The predicted molar refractivity (Wildman–Crippen MR) is 113 cm³/mol. The maximum atomic E-state index is 11.1. The SMILES string of the molecule is Cc1cccc([C@@H](C)Nc2nc(C)nc3ccc(C4(O)CCNCC4)cc23)c1. The van der Waals surface area contributed by atoms with Crippen LogP contribution in [0.2, 0.25) is 0 Å². The van der Waals surface area contributed by atoms with Crippen LogP contribution in [0.4, 0.5) is 5.82 Å². The summed E-state index contributed by atoms with van der Waals surface area (Å²) in [6.45, 7) is 7.81. The Balaban J connectivity index is 1.73. The van der Waals surface area contributed by atoms with Crippen LogP contribution in [0, 0.1) is 13.8 Å². The summed E-state index contributed by atoms with van der Waals surface area (Å²) in [7, 11) is 0. The van der Waals surface area contributed by atoms with Gasteiger partial charge in [-0.15, -0.1) is 0 Å². The summed E-state index contributed by atoms with van der Waals surface area (Å²) >= 11 is 0. The van der Waals surface area contributed by atoms with E-state index < -0.39 is 5.60 Å². The van der Waals surface area contributed by atoms with Crippen LogP contribution in [0.5, 0.6) is 0 Å². The number of aryl methyl sites for hydroxylation is 2. The molecule has 0 radical (unpaired) electrons. The molecule has 3 aromatic rings. The molecule has 0 amide bonds. The molecule has 1 aliphatic rings. The van der Waals surface area contributed by atoms with Gasteiger partial charge >= 0.3 is 0 Å². The number of anilines is 1. The molecule has 1 aliphatic heterocycles. The van der Waals surface area contributed by atoms with Gasteiger partial charge in [-0.3, -0.25) is 0 Å². The number of fused-ring (bicyclic) bond motifs is 1. The van der Waals surface area contributed by atoms with Crippen molar-refractivity contribution < 1.29 is 5.11 Å². The van der Waals surface area contributed by atoms with Crippen LogP contribution >= 0.6 is 0 Å². The van der Waals surface area contributed by atoms with Crippen molar-refractivity contribution in [1.29, 1.82) is 0 Å². The number of nitrogens with zero attached hydrogens (tertiary/aromatic N) is 2. The first-order valence-electron chi connectivity index (χ1n) is 10.00. The fourth-order valence-electron chi connectivity index (χ4n) is 4.00. The summed E-state index contributed by atoms with van der Waals surface area (Å²) < 4.78 is 0. The summed E-state index contributed by atoms with van der Waals surface area (Å²) in [5.41, 5.74) is 3.51. The van der Waals surface area contributed by atoms with Gasteiger partial charge in [0.15, 0.2) is 0 Å². The number of aromatic nitrogens is 2. The number of hydrogen-bond acceptors (Lipinski definition) is 5. The number of aliphatic hydroxyl groups is 1. The molecule has 5 heteroatoms. The maximum Gasteiger partial charge on any atom is 0.138 e. The molecule has 4 rings (SSSR count). The molecule has 5 nitrogen and oxygen atoms in total. The summed E-state index contributed by atoms with van der Waals surface area (Å²) in [6, 6.07) is 14.7. The Morgan fingerprint density at radius 1 is 1.07 bits per heavy atom. The van der Waals surface area contributed by atoms with E-state index in [1.165, 1.54) is 11.1 Å². The number of hydrogen-bond donors (Lipinski definition) is 3. The molecule has 1 atom stereocenters. The highest BCUT2D eigenvalue weighted by atomic mass is 16.3. The monoisotopic (exact) mass is 376 g/mol. The van der Waals surface area contributed by atoms with Crippen molar-refractivity contribution in [2.24, 2.45) is 0 Å². The Labute approximate surface area is 166 Å². The zero-order valence-electron chi connectivity index (χ0n) is 16.8. The molecule has 0 unspecified atom stereocenters. The lowest BCUT2D eigenvalue weighted by Crippen LogP contribution is -2.39. The van der Waals surface area contributed by atoms with E-state index >= 15 is 0 Å². The summed E-state index contributed by atoms with van der Waals surface area (Å²) in [6.07, 6.45) is 1.43. The lowest BCUT2D eigenvalue weighted by Gasteiger charge is -2.33. The van der Waals surface area contributed by atoms with Crippen LogP contribution in [0.25, 0.3) is 10.9 Å². The van der Waals surface area contributed by atoms with Crippen molar-refractivity contribution in [3.63, 3.8) is 0 Å². The molecule has 0 bridgehead atoms. The van der Waals surface area contributed by atoms with Gasteiger partial charge < -0.3 is 15.7 Å². The lowest BCUT2D eigenvalue weighted by molar-refractivity contribution is 0.00606. The standard InChI is InChI=1S/C23H28N4O/c1-15-5-4-6-18(13-15)16(2)25-22-20-14-19(23(28)9-11-24-12-10-23)7-8-21(20)26-17(3)27-22/h4-8,13-14,16,24,28H,9-12H2,1-3H3,(H,25,26,27)/t16-/m1/s1. The molecule has 2 heterocycles. The second kappa shape index (κ2) is 7.49. The van der Waals surface area contributed by atoms with Crippen molar-refractivity contribution in [3.8, 4) is 0 Å². The van der Waals surface area contributed by atoms with Gasteiger partial charge in [-0.25, -0.2) is 9.97 Å². The highest BCUT2D eigenvalue weighted by Crippen LogP contribution is 2.34. The van der Waals surface area contributed by atoms with Gasteiger partial charge in [0.05, 0.1) is 11.1 Å². The summed E-state index contributed by atoms with van der Waals surface area (Å²) in [4.78, 5) is 9.28. The van der Waals surface area contributed by atoms with Crippen LogP contribution in [0.1, 0.15) is 48.3 Å². The first-order chi connectivity index (χ1) is 13.4. The highest BCUT2D eigenvalue weighted by molar-refractivity contribution is 5.90. The van der Waals surface area contributed by atoms with Gasteiger partial charge in [-0.2, -0.15) is 0 Å². The Hall–Kier alpha value is -2.50. The Kier molecular flexibility index (Phi) is 5.04. The van der Waals surface area contributed by atoms with E-state index in [0.717, 1.165) is 41.2 Å². The molecule has 3 N–H and O–H groups in total. The van der Waals surface area contributed by atoms with E-state index in [9.17, 15) is 5.11 Å². The molecule has 28 heavy (non-hydrogen) atoms. The van der Waals surface area contributed by atoms with Crippen LogP contribution in [-0.2, 0) is 5.60 Å². The Morgan fingerprint density at radius 3 is 2.61 bits per heavy atom. The number of nitrogens with one attached hydrogen (secondary N) is 2. The molecular weight excluding hydrogens is 348 g/mol.